The lowest BCUT2D eigenvalue weighted by atomic mass is 10.1. The van der Waals surface area contributed by atoms with E-state index < -0.39 is 0 Å². The highest BCUT2D eigenvalue weighted by molar-refractivity contribution is 5.94. The quantitative estimate of drug-likeness (QED) is 0.574. The molecule has 150 valence electrons. The van der Waals surface area contributed by atoms with Gasteiger partial charge in [-0.25, -0.2) is 0 Å². The predicted molar refractivity (Wildman–Crippen MR) is 109 cm³/mol. The van der Waals surface area contributed by atoms with Crippen molar-refractivity contribution in [2.75, 3.05) is 20.2 Å². The number of nitrogens with zero attached hydrogens (tertiary/aromatic N) is 1. The Morgan fingerprint density at radius 2 is 1.64 bits per heavy atom. The topological polar surface area (TPSA) is 55.8 Å². The van der Waals surface area contributed by atoms with Gasteiger partial charge in [-0.05, 0) is 42.2 Å². The molecule has 0 spiro atoms. The van der Waals surface area contributed by atoms with E-state index in [0.717, 1.165) is 12.0 Å². The van der Waals surface area contributed by atoms with E-state index >= 15 is 0 Å². The van der Waals surface area contributed by atoms with Crippen molar-refractivity contribution in [3.8, 4) is 5.75 Å². The van der Waals surface area contributed by atoms with E-state index in [4.69, 9.17) is 9.47 Å². The lowest BCUT2D eigenvalue weighted by Gasteiger charge is -2.23. The van der Waals surface area contributed by atoms with Crippen LogP contribution in [0.1, 0.15) is 42.6 Å². The molecule has 0 atom stereocenters. The first-order valence-electron chi connectivity index (χ1n) is 9.62. The van der Waals surface area contributed by atoms with Gasteiger partial charge in [-0.3, -0.25) is 9.59 Å². The van der Waals surface area contributed by atoms with E-state index in [0.29, 0.717) is 36.9 Å². The minimum Gasteiger partial charge on any atom is -0.489 e. The minimum atomic E-state index is -0.313. The van der Waals surface area contributed by atoms with Crippen LogP contribution in [0, 0.1) is 5.92 Å². The van der Waals surface area contributed by atoms with Gasteiger partial charge in [0.25, 0.3) is 5.91 Å². The summed E-state index contributed by atoms with van der Waals surface area (Å²) in [7, 11) is 1.36. The average molecular weight is 383 g/mol. The molecule has 2 rings (SSSR count). The van der Waals surface area contributed by atoms with Gasteiger partial charge in [0.05, 0.1) is 13.5 Å². The minimum absolute atomic E-state index is 0.0841. The fourth-order valence-electron chi connectivity index (χ4n) is 2.67. The first-order chi connectivity index (χ1) is 13.5. The third-order valence-electron chi connectivity index (χ3n) is 4.43. The lowest BCUT2D eigenvalue weighted by molar-refractivity contribution is -0.140. The summed E-state index contributed by atoms with van der Waals surface area (Å²) in [5.41, 5.74) is 1.67. The maximum absolute atomic E-state index is 12.9. The first kappa shape index (κ1) is 21.5. The molecule has 0 unspecified atom stereocenters. The number of amides is 1. The van der Waals surface area contributed by atoms with Crippen molar-refractivity contribution in [2.45, 2.75) is 33.3 Å². The van der Waals surface area contributed by atoms with Crippen molar-refractivity contribution in [2.24, 2.45) is 5.92 Å². The standard InChI is InChI=1S/C23H29NO4/c1-18(2)13-15-24(16-14-22(25)27-3)23(26)20-9-11-21(12-10-20)28-17-19-7-5-4-6-8-19/h4-12,18H,13-17H2,1-3H3. The van der Waals surface area contributed by atoms with E-state index in [-0.39, 0.29) is 18.3 Å². The summed E-state index contributed by atoms with van der Waals surface area (Å²) in [6, 6.07) is 17.1. The molecular weight excluding hydrogens is 354 g/mol. The summed E-state index contributed by atoms with van der Waals surface area (Å²) in [4.78, 5) is 26.1. The molecule has 5 heteroatoms. The number of rotatable bonds is 10. The van der Waals surface area contributed by atoms with Crippen LogP contribution < -0.4 is 4.74 Å². The number of hydrogen-bond donors (Lipinski definition) is 0. The zero-order chi connectivity index (χ0) is 20.4. The Kier molecular flexibility index (Phi) is 8.53. The number of carbonyl (C=O) groups is 2. The second-order valence-electron chi connectivity index (χ2n) is 7.10. The van der Waals surface area contributed by atoms with Crippen LogP contribution in [-0.2, 0) is 16.1 Å². The summed E-state index contributed by atoms with van der Waals surface area (Å²) in [5, 5.41) is 0. The molecule has 2 aromatic carbocycles. The highest BCUT2D eigenvalue weighted by atomic mass is 16.5. The van der Waals surface area contributed by atoms with Gasteiger partial charge in [-0.15, -0.1) is 0 Å². The largest absolute Gasteiger partial charge is 0.489 e. The third kappa shape index (κ3) is 7.06. The number of hydrogen-bond acceptors (Lipinski definition) is 4. The van der Waals surface area contributed by atoms with E-state index in [9.17, 15) is 9.59 Å². The monoisotopic (exact) mass is 383 g/mol. The van der Waals surface area contributed by atoms with Crippen LogP contribution in [0.2, 0.25) is 0 Å². The number of benzene rings is 2. The Bertz CT molecular complexity index is 741. The zero-order valence-electron chi connectivity index (χ0n) is 16.9. The van der Waals surface area contributed by atoms with Gasteiger partial charge in [-0.2, -0.15) is 0 Å². The van der Waals surface area contributed by atoms with Gasteiger partial charge >= 0.3 is 5.97 Å². The van der Waals surface area contributed by atoms with Crippen LogP contribution in [0.25, 0.3) is 0 Å². The predicted octanol–water partition coefficient (Wildman–Crippen LogP) is 4.32. The van der Waals surface area contributed by atoms with Gasteiger partial charge in [0.2, 0.25) is 0 Å². The molecule has 0 bridgehead atoms. The molecule has 0 saturated carbocycles. The molecule has 28 heavy (non-hydrogen) atoms. The molecule has 0 fully saturated rings. The van der Waals surface area contributed by atoms with Crippen molar-refractivity contribution in [3.05, 3.63) is 65.7 Å². The molecule has 0 aliphatic heterocycles. The number of ether oxygens (including phenoxy) is 2. The van der Waals surface area contributed by atoms with Gasteiger partial charge < -0.3 is 14.4 Å². The van der Waals surface area contributed by atoms with Gasteiger partial charge in [-0.1, -0.05) is 44.2 Å². The normalized spacial score (nSPS) is 10.6. The Morgan fingerprint density at radius 1 is 0.964 bits per heavy atom. The highest BCUT2D eigenvalue weighted by Crippen LogP contribution is 2.16. The second kappa shape index (κ2) is 11.1. The Balaban J connectivity index is 1.98. The molecule has 0 saturated heterocycles. The smallest absolute Gasteiger partial charge is 0.307 e. The molecule has 1 amide bonds. The molecule has 5 nitrogen and oxygen atoms in total. The summed E-state index contributed by atoms with van der Waals surface area (Å²) in [6.07, 6.45) is 1.07. The zero-order valence-corrected chi connectivity index (χ0v) is 16.9. The fourth-order valence-corrected chi connectivity index (χ4v) is 2.67. The molecule has 0 heterocycles. The Labute approximate surface area is 167 Å². The third-order valence-corrected chi connectivity index (χ3v) is 4.43. The maximum atomic E-state index is 12.9. The van der Waals surface area contributed by atoms with E-state index in [1.165, 1.54) is 7.11 Å². The van der Waals surface area contributed by atoms with E-state index in [1.807, 2.05) is 30.3 Å². The molecule has 0 aromatic heterocycles. The van der Waals surface area contributed by atoms with Crippen LogP contribution in [0.5, 0.6) is 5.75 Å². The molecule has 2 aromatic rings. The van der Waals surface area contributed by atoms with Gasteiger partial charge in [0.1, 0.15) is 12.4 Å². The van der Waals surface area contributed by atoms with Crippen molar-refractivity contribution < 1.29 is 19.1 Å². The Morgan fingerprint density at radius 3 is 2.25 bits per heavy atom. The second-order valence-corrected chi connectivity index (χ2v) is 7.10. The van der Waals surface area contributed by atoms with Crippen molar-refractivity contribution >= 4 is 11.9 Å². The number of esters is 1. The summed E-state index contributed by atoms with van der Waals surface area (Å²) in [5.74, 6) is 0.789. The molecule has 0 aliphatic carbocycles. The molecule has 0 radical (unpaired) electrons. The van der Waals surface area contributed by atoms with Crippen molar-refractivity contribution in [3.63, 3.8) is 0 Å². The number of carbonyl (C=O) groups excluding carboxylic acids is 2. The summed E-state index contributed by atoms with van der Waals surface area (Å²) < 4.78 is 10.5. The van der Waals surface area contributed by atoms with Crippen LogP contribution in [0.4, 0.5) is 0 Å². The van der Waals surface area contributed by atoms with E-state index in [1.54, 1.807) is 29.2 Å². The maximum Gasteiger partial charge on any atom is 0.307 e. The first-order valence-corrected chi connectivity index (χ1v) is 9.62. The van der Waals surface area contributed by atoms with Crippen LogP contribution in [0.3, 0.4) is 0 Å². The van der Waals surface area contributed by atoms with Gasteiger partial charge in [0, 0.05) is 18.7 Å². The average Bonchev–Trinajstić information content (AvgIpc) is 2.72. The summed E-state index contributed by atoms with van der Waals surface area (Å²) in [6.45, 7) is 5.67. The summed E-state index contributed by atoms with van der Waals surface area (Å²) >= 11 is 0. The molecule has 0 aliphatic rings. The van der Waals surface area contributed by atoms with Crippen LogP contribution in [-0.4, -0.2) is 37.0 Å². The van der Waals surface area contributed by atoms with Gasteiger partial charge in [0.15, 0.2) is 0 Å². The molecule has 0 N–H and O–H groups in total. The van der Waals surface area contributed by atoms with Crippen molar-refractivity contribution in [1.82, 2.24) is 4.90 Å². The number of methoxy groups -OCH3 is 1. The highest BCUT2D eigenvalue weighted by Gasteiger charge is 2.17. The fraction of sp³-hybridized carbons (Fsp3) is 0.391. The van der Waals surface area contributed by atoms with Crippen LogP contribution in [0.15, 0.2) is 54.6 Å². The van der Waals surface area contributed by atoms with Crippen molar-refractivity contribution in [1.29, 1.82) is 0 Å². The SMILES string of the molecule is COC(=O)CCN(CCC(C)C)C(=O)c1ccc(OCc2ccccc2)cc1. The lowest BCUT2D eigenvalue weighted by Crippen LogP contribution is -2.34. The Hall–Kier alpha value is -2.82. The van der Waals surface area contributed by atoms with Crippen LogP contribution >= 0.6 is 0 Å². The van der Waals surface area contributed by atoms with E-state index in [2.05, 4.69) is 13.8 Å². The molecular formula is C23H29NO4.